The molecule has 0 heterocycles. The van der Waals surface area contributed by atoms with Crippen LogP contribution in [0.15, 0.2) is 0 Å². The van der Waals surface area contributed by atoms with E-state index in [9.17, 15) is 0 Å². The summed E-state index contributed by atoms with van der Waals surface area (Å²) in [5.41, 5.74) is 1.23. The maximum atomic E-state index is 2.73. The van der Waals surface area contributed by atoms with Crippen molar-refractivity contribution in [1.29, 1.82) is 0 Å². The van der Waals surface area contributed by atoms with Gasteiger partial charge in [0.15, 0.2) is 0 Å². The predicted octanol–water partition coefficient (Wildman–Crippen LogP) is 6.30. The molecule has 0 radical (unpaired) electrons. The Morgan fingerprint density at radius 1 is 0.759 bits per heavy atom. The SMILES string of the molecule is CC(C)N(C)[C@@H](C)[C@H]1CC[C@@H]2[C@@H]3CC[C@H]4C[C@H](N(C)C)CC[C@]4(C)[C@H]3CC[C@@]21C. The van der Waals surface area contributed by atoms with Crippen LogP contribution in [0.4, 0.5) is 0 Å². The van der Waals surface area contributed by atoms with E-state index in [1.165, 1.54) is 57.8 Å². The first-order valence-corrected chi connectivity index (χ1v) is 13.0. The van der Waals surface area contributed by atoms with Crippen LogP contribution in [-0.4, -0.2) is 49.1 Å². The molecule has 29 heavy (non-hydrogen) atoms. The third kappa shape index (κ3) is 3.43. The molecule has 0 aliphatic heterocycles. The van der Waals surface area contributed by atoms with Crippen molar-refractivity contribution in [1.82, 2.24) is 9.80 Å². The van der Waals surface area contributed by atoms with Gasteiger partial charge in [-0.1, -0.05) is 13.8 Å². The maximum Gasteiger partial charge on any atom is 0.0100 e. The molecule has 0 spiro atoms. The number of hydrogen-bond donors (Lipinski definition) is 0. The molecule has 0 bridgehead atoms. The van der Waals surface area contributed by atoms with E-state index >= 15 is 0 Å². The number of rotatable bonds is 4. The van der Waals surface area contributed by atoms with Crippen LogP contribution in [0.5, 0.6) is 0 Å². The molecule has 0 aromatic rings. The quantitative estimate of drug-likeness (QED) is 0.544. The van der Waals surface area contributed by atoms with Crippen molar-refractivity contribution < 1.29 is 0 Å². The Bertz CT molecular complexity index is 585. The van der Waals surface area contributed by atoms with Crippen molar-refractivity contribution >= 4 is 0 Å². The second-order valence-corrected chi connectivity index (χ2v) is 12.8. The number of hydrogen-bond acceptors (Lipinski definition) is 2. The topological polar surface area (TPSA) is 6.48 Å². The minimum absolute atomic E-state index is 0.591. The van der Waals surface area contributed by atoms with Crippen LogP contribution in [0.3, 0.4) is 0 Å². The van der Waals surface area contributed by atoms with E-state index in [1.807, 2.05) is 0 Å². The van der Waals surface area contributed by atoms with Gasteiger partial charge < -0.3 is 9.80 Å². The smallest absolute Gasteiger partial charge is 0.0100 e. The Morgan fingerprint density at radius 2 is 1.41 bits per heavy atom. The van der Waals surface area contributed by atoms with E-state index in [-0.39, 0.29) is 0 Å². The second kappa shape index (κ2) is 7.80. The average Bonchev–Trinajstić information content (AvgIpc) is 3.03. The van der Waals surface area contributed by atoms with Crippen molar-refractivity contribution in [3.05, 3.63) is 0 Å². The lowest BCUT2D eigenvalue weighted by molar-refractivity contribution is -0.123. The molecule has 9 atom stereocenters. The summed E-state index contributed by atoms with van der Waals surface area (Å²) in [6, 6.07) is 2.22. The highest BCUT2D eigenvalue weighted by atomic mass is 15.2. The first-order chi connectivity index (χ1) is 13.6. The van der Waals surface area contributed by atoms with E-state index in [2.05, 4.69) is 65.6 Å². The lowest BCUT2D eigenvalue weighted by atomic mass is 9.44. The minimum Gasteiger partial charge on any atom is -0.306 e. The van der Waals surface area contributed by atoms with E-state index < -0.39 is 0 Å². The molecule has 0 aromatic heterocycles. The Labute approximate surface area is 182 Å². The zero-order valence-electron chi connectivity index (χ0n) is 20.9. The van der Waals surface area contributed by atoms with E-state index in [0.29, 0.717) is 16.9 Å². The molecule has 4 aliphatic carbocycles. The molecule has 2 heteroatoms. The molecular weight excluding hydrogens is 352 g/mol. The Morgan fingerprint density at radius 3 is 2.07 bits per heavy atom. The molecule has 4 fully saturated rings. The first-order valence-electron chi connectivity index (χ1n) is 13.0. The lowest BCUT2D eigenvalue weighted by Crippen LogP contribution is -2.56. The third-order valence-corrected chi connectivity index (χ3v) is 11.5. The normalized spacial score (nSPS) is 48.5. The van der Waals surface area contributed by atoms with Gasteiger partial charge in [0.1, 0.15) is 0 Å². The van der Waals surface area contributed by atoms with Gasteiger partial charge in [-0.2, -0.15) is 0 Å². The molecule has 168 valence electrons. The van der Waals surface area contributed by atoms with Crippen LogP contribution in [0.2, 0.25) is 0 Å². The van der Waals surface area contributed by atoms with Crippen LogP contribution < -0.4 is 0 Å². The lowest BCUT2D eigenvalue weighted by Gasteiger charge is -2.62. The summed E-state index contributed by atoms with van der Waals surface area (Å²) < 4.78 is 0. The van der Waals surface area contributed by atoms with Gasteiger partial charge in [0.2, 0.25) is 0 Å². The predicted molar refractivity (Wildman–Crippen MR) is 125 cm³/mol. The van der Waals surface area contributed by atoms with Crippen LogP contribution in [-0.2, 0) is 0 Å². The van der Waals surface area contributed by atoms with Crippen molar-refractivity contribution in [2.24, 2.45) is 40.4 Å². The Kier molecular flexibility index (Phi) is 5.95. The molecular formula is C27H50N2. The van der Waals surface area contributed by atoms with Gasteiger partial charge in [-0.3, -0.25) is 0 Å². The molecule has 2 nitrogen and oxygen atoms in total. The van der Waals surface area contributed by atoms with Gasteiger partial charge in [-0.25, -0.2) is 0 Å². The van der Waals surface area contributed by atoms with Gasteiger partial charge in [-0.15, -0.1) is 0 Å². The highest BCUT2D eigenvalue weighted by molar-refractivity contribution is 5.10. The molecule has 0 saturated heterocycles. The number of nitrogens with zero attached hydrogens (tertiary/aromatic N) is 2. The second-order valence-electron chi connectivity index (χ2n) is 12.8. The summed E-state index contributed by atoms with van der Waals surface area (Å²) in [6.07, 6.45) is 13.4. The summed E-state index contributed by atoms with van der Waals surface area (Å²) >= 11 is 0. The molecule has 0 aromatic carbocycles. The molecule has 0 unspecified atom stereocenters. The largest absolute Gasteiger partial charge is 0.306 e. The van der Waals surface area contributed by atoms with Gasteiger partial charge in [0.25, 0.3) is 0 Å². The van der Waals surface area contributed by atoms with Crippen molar-refractivity contribution in [2.75, 3.05) is 21.1 Å². The van der Waals surface area contributed by atoms with Gasteiger partial charge >= 0.3 is 0 Å². The van der Waals surface area contributed by atoms with Crippen LogP contribution >= 0.6 is 0 Å². The van der Waals surface area contributed by atoms with E-state index in [4.69, 9.17) is 0 Å². The summed E-state index contributed by atoms with van der Waals surface area (Å²) in [4.78, 5) is 5.17. The fourth-order valence-corrected chi connectivity index (χ4v) is 9.29. The number of fused-ring (bicyclic) bond motifs is 5. The molecule has 0 amide bonds. The van der Waals surface area contributed by atoms with E-state index in [1.54, 1.807) is 0 Å². The zero-order chi connectivity index (χ0) is 21.1. The summed E-state index contributed by atoms with van der Waals surface area (Å²) in [7, 11) is 6.98. The summed E-state index contributed by atoms with van der Waals surface area (Å²) in [6.45, 7) is 12.7. The standard InChI is InChI=1S/C27H50N2/c1-18(2)29(8)19(3)23-11-12-24-22-10-9-20-17-21(28(6)7)13-15-26(20,4)25(22)14-16-27(23,24)5/h18-25H,9-17H2,1-8H3/t19-,20-,21+,22-,23+,24+,25-,26-,27+/m0/s1. The van der Waals surface area contributed by atoms with Crippen molar-refractivity contribution in [2.45, 2.75) is 111 Å². The van der Waals surface area contributed by atoms with Crippen LogP contribution in [0.1, 0.15) is 92.4 Å². The van der Waals surface area contributed by atoms with Gasteiger partial charge in [-0.05, 0) is 140 Å². The molecule has 4 rings (SSSR count). The Hall–Kier alpha value is -0.0800. The molecule has 0 N–H and O–H groups in total. The van der Waals surface area contributed by atoms with Crippen LogP contribution in [0.25, 0.3) is 0 Å². The summed E-state index contributed by atoms with van der Waals surface area (Å²) in [5, 5.41) is 0. The van der Waals surface area contributed by atoms with Crippen molar-refractivity contribution in [3.63, 3.8) is 0 Å². The highest BCUT2D eigenvalue weighted by Crippen LogP contribution is 2.68. The fourth-order valence-electron chi connectivity index (χ4n) is 9.29. The first kappa shape index (κ1) is 22.1. The minimum atomic E-state index is 0.591. The van der Waals surface area contributed by atoms with Gasteiger partial charge in [0, 0.05) is 18.1 Å². The molecule has 4 aliphatic rings. The van der Waals surface area contributed by atoms with E-state index in [0.717, 1.165) is 41.7 Å². The monoisotopic (exact) mass is 402 g/mol. The Balaban J connectivity index is 1.53. The third-order valence-electron chi connectivity index (χ3n) is 11.5. The zero-order valence-corrected chi connectivity index (χ0v) is 20.9. The van der Waals surface area contributed by atoms with Gasteiger partial charge in [0.05, 0.1) is 0 Å². The molecule has 4 saturated carbocycles. The fraction of sp³-hybridized carbons (Fsp3) is 1.00. The van der Waals surface area contributed by atoms with Crippen LogP contribution in [0, 0.1) is 40.4 Å². The van der Waals surface area contributed by atoms with Crippen molar-refractivity contribution in [3.8, 4) is 0 Å². The average molecular weight is 403 g/mol. The summed E-state index contributed by atoms with van der Waals surface area (Å²) in [5.74, 6) is 4.92. The highest BCUT2D eigenvalue weighted by Gasteiger charge is 2.60. The maximum absolute atomic E-state index is 2.73.